The number of benzene rings is 1. The van der Waals surface area contributed by atoms with Gasteiger partial charge >= 0.3 is 0 Å². The quantitative estimate of drug-likeness (QED) is 0.859. The first-order valence-corrected chi connectivity index (χ1v) is 5.67. The van der Waals surface area contributed by atoms with Crippen LogP contribution in [0.3, 0.4) is 0 Å². The predicted molar refractivity (Wildman–Crippen MR) is 60.4 cm³/mol. The lowest BCUT2D eigenvalue weighted by atomic mass is 10.1. The van der Waals surface area contributed by atoms with Gasteiger partial charge in [-0.2, -0.15) is 0 Å². The first-order chi connectivity index (χ1) is 7.72. The molecule has 0 saturated heterocycles. The van der Waals surface area contributed by atoms with Gasteiger partial charge in [-0.1, -0.05) is 12.8 Å². The molecule has 3 heteroatoms. The highest BCUT2D eigenvalue weighted by Crippen LogP contribution is 2.37. The van der Waals surface area contributed by atoms with Gasteiger partial charge in [0.2, 0.25) is 0 Å². The fraction of sp³-hybridized carbons (Fsp3) is 0.385. The second kappa shape index (κ2) is 3.59. The van der Waals surface area contributed by atoms with E-state index in [0.717, 1.165) is 23.5 Å². The third kappa shape index (κ3) is 1.83. The van der Waals surface area contributed by atoms with E-state index in [1.165, 1.54) is 25.0 Å². The molecule has 2 aromatic rings. The van der Waals surface area contributed by atoms with Crippen LogP contribution in [-0.2, 0) is 0 Å². The van der Waals surface area contributed by atoms with E-state index in [1.54, 1.807) is 6.07 Å². The van der Waals surface area contributed by atoms with Gasteiger partial charge in [0.25, 0.3) is 0 Å². The number of halogens is 1. The maximum absolute atomic E-state index is 13.0. The smallest absolute Gasteiger partial charge is 0.134 e. The van der Waals surface area contributed by atoms with Gasteiger partial charge in [-0.05, 0) is 36.6 Å². The van der Waals surface area contributed by atoms with Crippen LogP contribution >= 0.6 is 0 Å². The van der Waals surface area contributed by atoms with Crippen molar-refractivity contribution in [1.82, 2.24) is 0 Å². The summed E-state index contributed by atoms with van der Waals surface area (Å²) in [6, 6.07) is 6.33. The van der Waals surface area contributed by atoms with Crippen molar-refractivity contribution >= 4 is 11.0 Å². The van der Waals surface area contributed by atoms with Gasteiger partial charge in [-0.25, -0.2) is 4.39 Å². The highest BCUT2D eigenvalue weighted by molar-refractivity contribution is 5.77. The molecule has 2 N–H and O–H groups in total. The molecule has 0 radical (unpaired) electrons. The van der Waals surface area contributed by atoms with E-state index in [9.17, 15) is 4.39 Å². The minimum absolute atomic E-state index is 0.0528. The monoisotopic (exact) mass is 219 g/mol. The Labute approximate surface area is 93.2 Å². The Morgan fingerprint density at radius 3 is 2.94 bits per heavy atom. The molecule has 16 heavy (non-hydrogen) atoms. The Bertz CT molecular complexity index is 516. The summed E-state index contributed by atoms with van der Waals surface area (Å²) in [5.41, 5.74) is 6.76. The molecule has 1 aliphatic carbocycles. The molecule has 0 unspecified atom stereocenters. The highest BCUT2D eigenvalue weighted by Gasteiger charge is 2.25. The Morgan fingerprint density at radius 1 is 1.38 bits per heavy atom. The molecular weight excluding hydrogens is 205 g/mol. The highest BCUT2D eigenvalue weighted by atomic mass is 19.1. The Morgan fingerprint density at radius 2 is 2.19 bits per heavy atom. The molecule has 1 fully saturated rings. The fourth-order valence-corrected chi connectivity index (χ4v) is 2.05. The van der Waals surface area contributed by atoms with Gasteiger partial charge in [-0.15, -0.1) is 0 Å². The molecule has 0 amide bonds. The summed E-state index contributed by atoms with van der Waals surface area (Å²) in [6.07, 6.45) is 3.54. The second-order valence-electron chi connectivity index (χ2n) is 4.62. The lowest BCUT2D eigenvalue weighted by molar-refractivity contribution is 0.463. The minimum Gasteiger partial charge on any atom is -0.459 e. The van der Waals surface area contributed by atoms with E-state index in [-0.39, 0.29) is 11.9 Å². The van der Waals surface area contributed by atoms with Gasteiger partial charge in [0, 0.05) is 5.39 Å². The predicted octanol–water partition coefficient (Wildman–Crippen LogP) is 3.37. The van der Waals surface area contributed by atoms with Crippen molar-refractivity contribution in [1.29, 1.82) is 0 Å². The van der Waals surface area contributed by atoms with Crippen molar-refractivity contribution in [2.75, 3.05) is 0 Å². The molecule has 2 nitrogen and oxygen atoms in total. The summed E-state index contributed by atoms with van der Waals surface area (Å²) >= 11 is 0. The fourth-order valence-electron chi connectivity index (χ4n) is 2.05. The van der Waals surface area contributed by atoms with Crippen molar-refractivity contribution in [3.8, 4) is 0 Å². The summed E-state index contributed by atoms with van der Waals surface area (Å²) in [4.78, 5) is 0. The first-order valence-electron chi connectivity index (χ1n) is 5.67. The number of hydrogen-bond acceptors (Lipinski definition) is 2. The molecule has 84 valence electrons. The van der Waals surface area contributed by atoms with Crippen molar-refractivity contribution in [3.05, 3.63) is 35.8 Å². The maximum atomic E-state index is 13.0. The zero-order valence-electron chi connectivity index (χ0n) is 8.95. The lowest BCUT2D eigenvalue weighted by Crippen LogP contribution is -2.09. The van der Waals surface area contributed by atoms with Crippen LogP contribution in [0.2, 0.25) is 0 Å². The van der Waals surface area contributed by atoms with E-state index < -0.39 is 0 Å². The molecule has 1 heterocycles. The molecule has 1 aromatic heterocycles. The van der Waals surface area contributed by atoms with E-state index in [0.29, 0.717) is 5.58 Å². The van der Waals surface area contributed by atoms with Gasteiger partial charge < -0.3 is 10.2 Å². The summed E-state index contributed by atoms with van der Waals surface area (Å²) in [7, 11) is 0. The van der Waals surface area contributed by atoms with Crippen LogP contribution in [0.4, 0.5) is 4.39 Å². The maximum Gasteiger partial charge on any atom is 0.134 e. The van der Waals surface area contributed by atoms with E-state index in [1.807, 2.05) is 6.07 Å². The van der Waals surface area contributed by atoms with Gasteiger partial charge in [0.05, 0.1) is 6.04 Å². The van der Waals surface area contributed by atoms with Crippen molar-refractivity contribution in [2.24, 2.45) is 11.7 Å². The second-order valence-corrected chi connectivity index (χ2v) is 4.62. The van der Waals surface area contributed by atoms with Crippen LogP contribution in [0.5, 0.6) is 0 Å². The molecular formula is C13H14FNO. The molecule has 1 atom stereocenters. The largest absolute Gasteiger partial charge is 0.459 e. The van der Waals surface area contributed by atoms with Crippen LogP contribution < -0.4 is 5.73 Å². The van der Waals surface area contributed by atoms with Crippen LogP contribution in [-0.4, -0.2) is 0 Å². The van der Waals surface area contributed by atoms with Crippen LogP contribution in [0.1, 0.15) is 31.1 Å². The number of fused-ring (bicyclic) bond motifs is 1. The number of rotatable bonds is 3. The SMILES string of the molecule is N[C@@H](CC1CC1)c1cc2cc(F)ccc2o1. The van der Waals surface area contributed by atoms with Crippen molar-refractivity contribution in [3.63, 3.8) is 0 Å². The molecule has 1 saturated carbocycles. The van der Waals surface area contributed by atoms with Gasteiger partial charge in [0.1, 0.15) is 17.2 Å². The van der Waals surface area contributed by atoms with Gasteiger partial charge in [0.15, 0.2) is 0 Å². The summed E-state index contributed by atoms with van der Waals surface area (Å²) in [5, 5.41) is 0.793. The summed E-state index contributed by atoms with van der Waals surface area (Å²) < 4.78 is 18.6. The van der Waals surface area contributed by atoms with Crippen LogP contribution in [0, 0.1) is 11.7 Å². The zero-order chi connectivity index (χ0) is 11.1. The van der Waals surface area contributed by atoms with Gasteiger partial charge in [-0.3, -0.25) is 0 Å². The average Bonchev–Trinajstić information content (AvgIpc) is 2.95. The van der Waals surface area contributed by atoms with E-state index in [2.05, 4.69) is 0 Å². The molecule has 1 aliphatic rings. The Balaban J connectivity index is 1.91. The third-order valence-electron chi connectivity index (χ3n) is 3.15. The Kier molecular flexibility index (Phi) is 2.21. The van der Waals surface area contributed by atoms with Crippen molar-refractivity contribution < 1.29 is 8.81 Å². The first kappa shape index (κ1) is 9.85. The zero-order valence-corrected chi connectivity index (χ0v) is 8.95. The number of hydrogen-bond donors (Lipinski definition) is 1. The Hall–Kier alpha value is -1.35. The molecule has 3 rings (SSSR count). The molecule has 0 aliphatic heterocycles. The third-order valence-corrected chi connectivity index (χ3v) is 3.15. The molecule has 0 spiro atoms. The molecule has 0 bridgehead atoms. The average molecular weight is 219 g/mol. The topological polar surface area (TPSA) is 39.2 Å². The van der Waals surface area contributed by atoms with E-state index in [4.69, 9.17) is 10.2 Å². The summed E-state index contributed by atoms with van der Waals surface area (Å²) in [6.45, 7) is 0. The summed E-state index contributed by atoms with van der Waals surface area (Å²) in [5.74, 6) is 1.29. The van der Waals surface area contributed by atoms with Crippen LogP contribution in [0.15, 0.2) is 28.7 Å². The number of nitrogens with two attached hydrogens (primary N) is 1. The molecule has 1 aromatic carbocycles. The standard InChI is InChI=1S/C13H14FNO/c14-10-3-4-12-9(6-10)7-13(16-12)11(15)5-8-1-2-8/h3-4,6-8,11H,1-2,5,15H2/t11-/m0/s1. The van der Waals surface area contributed by atoms with Crippen molar-refractivity contribution in [2.45, 2.75) is 25.3 Å². The van der Waals surface area contributed by atoms with E-state index >= 15 is 0 Å². The van der Waals surface area contributed by atoms with Crippen LogP contribution in [0.25, 0.3) is 11.0 Å². The lowest BCUT2D eigenvalue weighted by Gasteiger charge is -2.06. The number of furan rings is 1. The normalized spacial score (nSPS) is 17.9. The minimum atomic E-state index is -0.240.